The second kappa shape index (κ2) is 14.4. The molecule has 3 aliphatic heterocycles. The molecule has 3 aliphatic rings. The number of aliphatic hydroxyl groups excluding tert-OH is 1. The van der Waals surface area contributed by atoms with E-state index < -0.39 is 77.6 Å². The van der Waals surface area contributed by atoms with Crippen molar-refractivity contribution in [1.82, 2.24) is 9.80 Å². The minimum atomic E-state index is -1.41. The number of ether oxygens (including phenoxy) is 4. The first-order valence-corrected chi connectivity index (χ1v) is 15.2. The smallest absolute Gasteiger partial charge is 0.478 e. The number of carboxylic acids is 2. The number of aromatic carboxylic acids is 1. The van der Waals surface area contributed by atoms with Crippen LogP contribution in [0.15, 0.2) is 34.9 Å². The third kappa shape index (κ3) is 7.21. The van der Waals surface area contributed by atoms with Crippen molar-refractivity contribution in [1.29, 1.82) is 0 Å². The highest BCUT2D eigenvalue weighted by molar-refractivity contribution is 8.03. The molecule has 7 atom stereocenters. The van der Waals surface area contributed by atoms with Gasteiger partial charge in [-0.05, 0) is 31.5 Å². The maximum atomic E-state index is 13.5. The van der Waals surface area contributed by atoms with Crippen LogP contribution in [0, 0.1) is 11.8 Å². The fraction of sp³-hybridized carbons (Fsp3) is 0.517. The van der Waals surface area contributed by atoms with Gasteiger partial charge in [0.05, 0.1) is 30.2 Å². The predicted octanol–water partition coefficient (Wildman–Crippen LogP) is 1.94. The summed E-state index contributed by atoms with van der Waals surface area (Å²) in [5.41, 5.74) is -0.113. The zero-order valence-corrected chi connectivity index (χ0v) is 26.2. The lowest BCUT2D eigenvalue weighted by atomic mass is 9.79. The molecule has 46 heavy (non-hydrogen) atoms. The first kappa shape index (κ1) is 34.5. The van der Waals surface area contributed by atoms with E-state index >= 15 is 0 Å². The van der Waals surface area contributed by atoms with Crippen LogP contribution < -0.4 is 5.32 Å². The number of anilines is 1. The molecule has 0 bridgehead atoms. The van der Waals surface area contributed by atoms with Crippen LogP contribution >= 0.6 is 11.8 Å². The summed E-state index contributed by atoms with van der Waals surface area (Å²) in [7, 11) is 1.41. The molecule has 0 aliphatic carbocycles. The molecule has 1 unspecified atom stereocenters. The first-order chi connectivity index (χ1) is 21.7. The minimum Gasteiger partial charge on any atom is -0.478 e. The molecular formula is C29H35N3O13S. The van der Waals surface area contributed by atoms with Crippen molar-refractivity contribution in [3.05, 3.63) is 40.4 Å². The van der Waals surface area contributed by atoms with Crippen molar-refractivity contribution >= 4 is 53.5 Å². The Kier molecular flexibility index (Phi) is 10.8. The highest BCUT2D eigenvalue weighted by Gasteiger charge is 2.60. The summed E-state index contributed by atoms with van der Waals surface area (Å²) in [5, 5.41) is 31.5. The van der Waals surface area contributed by atoms with Gasteiger partial charge >= 0.3 is 24.2 Å². The standard InChI is InChI=1S/C29H35N3O13S/c1-13-21-20(14(2)33)25(35)32(21)22(27(38)39)23(13)46-18-11-19(24(34)30-17-7-5-6-16(10-17)26(36)37)31(12-18)28(40)44-15(3)45-29(41)43-9-8-42-4/h5-7,10,13-15,18-21,33H,8-9,11-12H2,1-4H3,(H,30,34)(H,36,37)(H,38,39)/t13-,14-,15?,18+,19+,20-,21-/m1/s1. The highest BCUT2D eigenvalue weighted by atomic mass is 32.2. The molecule has 1 aromatic carbocycles. The number of thioether (sulfide) groups is 1. The molecule has 2 fully saturated rings. The van der Waals surface area contributed by atoms with Crippen LogP contribution in [0.1, 0.15) is 37.6 Å². The largest absolute Gasteiger partial charge is 0.511 e. The van der Waals surface area contributed by atoms with Gasteiger partial charge in [-0.3, -0.25) is 14.5 Å². The number of hydrogen-bond acceptors (Lipinski definition) is 12. The van der Waals surface area contributed by atoms with Crippen molar-refractivity contribution in [3.63, 3.8) is 0 Å². The molecular weight excluding hydrogens is 630 g/mol. The molecule has 250 valence electrons. The lowest BCUT2D eigenvalue weighted by Crippen LogP contribution is -2.63. The number of methoxy groups -OCH3 is 1. The minimum absolute atomic E-state index is 0.0279. The van der Waals surface area contributed by atoms with Crippen LogP contribution in [-0.4, -0.2) is 118 Å². The topological polar surface area (TPSA) is 219 Å². The molecule has 0 radical (unpaired) electrons. The van der Waals surface area contributed by atoms with Crippen molar-refractivity contribution < 1.29 is 63.0 Å². The van der Waals surface area contributed by atoms with E-state index in [1.807, 2.05) is 0 Å². The number of fused-ring (bicyclic) bond motifs is 1. The van der Waals surface area contributed by atoms with Crippen molar-refractivity contribution in [2.75, 3.05) is 32.2 Å². The number of carbonyl (C=O) groups is 6. The number of carboxylic acid groups (broad SMARTS) is 2. The monoisotopic (exact) mass is 665 g/mol. The molecule has 0 saturated carbocycles. The summed E-state index contributed by atoms with van der Waals surface area (Å²) in [5.74, 6) is -4.90. The Hall–Kier alpha value is -4.35. The predicted molar refractivity (Wildman–Crippen MR) is 158 cm³/mol. The zero-order valence-electron chi connectivity index (χ0n) is 25.4. The average molecular weight is 666 g/mol. The Morgan fingerprint density at radius 1 is 1.09 bits per heavy atom. The summed E-state index contributed by atoms with van der Waals surface area (Å²) < 4.78 is 19.8. The van der Waals surface area contributed by atoms with E-state index in [2.05, 4.69) is 5.32 Å². The molecule has 0 spiro atoms. The fourth-order valence-corrected chi connectivity index (χ4v) is 7.28. The number of nitrogens with zero attached hydrogens (tertiary/aromatic N) is 2. The molecule has 0 aromatic heterocycles. The number of β-lactam (4-membered cyclic amide) rings is 1. The number of carbonyl (C=O) groups excluding carboxylic acids is 4. The number of rotatable bonds is 12. The number of amides is 3. The van der Waals surface area contributed by atoms with Crippen LogP contribution in [0.4, 0.5) is 15.3 Å². The van der Waals surface area contributed by atoms with Crippen LogP contribution in [0.25, 0.3) is 0 Å². The quantitative estimate of drug-likeness (QED) is 0.109. The fourth-order valence-electron chi connectivity index (χ4n) is 5.76. The SMILES string of the molecule is COCCOC(=O)OC(C)OC(=O)N1C[C@@H](SC2=C(C(=O)O)N3C(=O)[C@H]([C@@H](C)O)[C@H]3[C@H]2C)C[C@H]1C(=O)Nc1cccc(C(=O)O)c1. The molecule has 4 rings (SSSR count). The molecule has 4 N–H and O–H groups in total. The van der Waals surface area contributed by atoms with Gasteiger partial charge in [0.15, 0.2) is 0 Å². The summed E-state index contributed by atoms with van der Waals surface area (Å²) in [4.78, 5) is 77.8. The van der Waals surface area contributed by atoms with Gasteiger partial charge in [0.25, 0.3) is 0 Å². The molecule has 1 aromatic rings. The van der Waals surface area contributed by atoms with Crippen molar-refractivity contribution in [3.8, 4) is 0 Å². The van der Waals surface area contributed by atoms with Gasteiger partial charge < -0.3 is 44.5 Å². The van der Waals surface area contributed by atoms with Crippen molar-refractivity contribution in [2.24, 2.45) is 11.8 Å². The van der Waals surface area contributed by atoms with Crippen LogP contribution in [0.3, 0.4) is 0 Å². The summed E-state index contributed by atoms with van der Waals surface area (Å²) in [6.07, 6.45) is -4.49. The number of nitrogens with one attached hydrogen (secondary N) is 1. The van der Waals surface area contributed by atoms with Gasteiger partial charge in [-0.15, -0.1) is 11.8 Å². The average Bonchev–Trinajstić information content (AvgIpc) is 3.51. The molecule has 2 saturated heterocycles. The van der Waals surface area contributed by atoms with Crippen LogP contribution in [-0.2, 0) is 33.3 Å². The lowest BCUT2D eigenvalue weighted by molar-refractivity contribution is -0.163. The lowest BCUT2D eigenvalue weighted by Gasteiger charge is -2.46. The Labute approximate surface area is 267 Å². The van der Waals surface area contributed by atoms with Gasteiger partial charge in [0.1, 0.15) is 18.3 Å². The van der Waals surface area contributed by atoms with Gasteiger partial charge in [-0.25, -0.2) is 19.2 Å². The van der Waals surface area contributed by atoms with Crippen LogP contribution in [0.5, 0.6) is 0 Å². The number of benzene rings is 1. The second-order valence-electron chi connectivity index (χ2n) is 11.0. The van der Waals surface area contributed by atoms with E-state index in [0.717, 1.165) is 16.7 Å². The van der Waals surface area contributed by atoms with E-state index in [1.54, 1.807) is 6.92 Å². The van der Waals surface area contributed by atoms with E-state index in [9.17, 15) is 44.1 Å². The Morgan fingerprint density at radius 3 is 2.43 bits per heavy atom. The summed E-state index contributed by atoms with van der Waals surface area (Å²) in [6.45, 7) is 4.42. The first-order valence-electron chi connectivity index (χ1n) is 14.3. The van der Waals surface area contributed by atoms with Gasteiger partial charge in [0.2, 0.25) is 18.1 Å². The number of hydrogen-bond donors (Lipinski definition) is 4. The molecule has 16 nitrogen and oxygen atoms in total. The second-order valence-corrected chi connectivity index (χ2v) is 12.3. The van der Waals surface area contributed by atoms with Crippen molar-refractivity contribution in [2.45, 2.75) is 56.9 Å². The maximum absolute atomic E-state index is 13.5. The third-order valence-corrected chi connectivity index (χ3v) is 9.31. The normalized spacial score (nSPS) is 24.9. The summed E-state index contributed by atoms with van der Waals surface area (Å²) >= 11 is 1.12. The van der Waals surface area contributed by atoms with E-state index in [1.165, 1.54) is 50.1 Å². The van der Waals surface area contributed by atoms with E-state index in [0.29, 0.717) is 4.91 Å². The van der Waals surface area contributed by atoms with E-state index in [-0.39, 0.29) is 43.1 Å². The Balaban J connectivity index is 1.54. The Morgan fingerprint density at radius 2 is 1.80 bits per heavy atom. The summed E-state index contributed by atoms with van der Waals surface area (Å²) in [6, 6.07) is 3.80. The maximum Gasteiger partial charge on any atom is 0.511 e. The van der Waals surface area contributed by atoms with Gasteiger partial charge in [-0.2, -0.15) is 0 Å². The number of aliphatic carboxylic acids is 1. The van der Waals surface area contributed by atoms with Gasteiger partial charge in [0, 0.05) is 42.3 Å². The molecule has 3 heterocycles. The molecule has 17 heteroatoms. The van der Waals surface area contributed by atoms with E-state index in [4.69, 9.17) is 18.9 Å². The third-order valence-electron chi connectivity index (χ3n) is 7.82. The Bertz CT molecular complexity index is 1430. The number of aliphatic hydroxyl groups is 1. The zero-order chi connectivity index (χ0) is 33.9. The van der Waals surface area contributed by atoms with Gasteiger partial charge in [-0.1, -0.05) is 13.0 Å². The number of likely N-dealkylation sites (tertiary alicyclic amines) is 1. The van der Waals surface area contributed by atoms with Crippen LogP contribution in [0.2, 0.25) is 0 Å². The highest BCUT2D eigenvalue weighted by Crippen LogP contribution is 2.52. The molecule has 3 amide bonds.